The molecule has 1 aliphatic rings. The maximum atomic E-state index is 12.7. The Labute approximate surface area is 145 Å². The first kappa shape index (κ1) is 16.2. The van der Waals surface area contributed by atoms with Crippen molar-refractivity contribution in [2.24, 2.45) is 0 Å². The van der Waals surface area contributed by atoms with Crippen LogP contribution >= 0.6 is 23.2 Å². The summed E-state index contributed by atoms with van der Waals surface area (Å²) in [4.78, 5) is 14.4. The fourth-order valence-electron chi connectivity index (χ4n) is 2.79. The van der Waals surface area contributed by atoms with Crippen LogP contribution in [0.5, 0.6) is 5.75 Å². The maximum absolute atomic E-state index is 12.7. The number of benzene rings is 2. The molecule has 2 aromatic carbocycles. The normalized spacial score (nSPS) is 17.3. The zero-order chi connectivity index (χ0) is 16.6. The fraction of sp³-hybridized carbons (Fsp3) is 0.278. The van der Waals surface area contributed by atoms with Crippen molar-refractivity contribution >= 4 is 29.1 Å². The number of carbonyl (C=O) groups excluding carboxylic acids is 1. The zero-order valence-corrected chi connectivity index (χ0v) is 14.4. The number of fused-ring (bicyclic) bond motifs is 1. The first-order valence-electron chi connectivity index (χ1n) is 7.43. The van der Waals surface area contributed by atoms with Gasteiger partial charge in [-0.15, -0.1) is 0 Å². The smallest absolute Gasteiger partial charge is 0.264 e. The van der Waals surface area contributed by atoms with Gasteiger partial charge >= 0.3 is 0 Å². The predicted octanol–water partition coefficient (Wildman–Crippen LogP) is 4.52. The number of likely N-dealkylation sites (N-methyl/N-ethyl adjacent to an activating group) is 1. The molecular weight excluding hydrogens is 333 g/mol. The van der Waals surface area contributed by atoms with Crippen LogP contribution in [0.1, 0.15) is 24.1 Å². The van der Waals surface area contributed by atoms with Crippen LogP contribution in [-0.4, -0.2) is 24.0 Å². The number of para-hydroxylation sites is 1. The monoisotopic (exact) mass is 349 g/mol. The second-order valence-corrected chi connectivity index (χ2v) is 6.55. The van der Waals surface area contributed by atoms with Crippen molar-refractivity contribution in [1.29, 1.82) is 0 Å². The molecule has 0 saturated heterocycles. The third-order valence-electron chi connectivity index (χ3n) is 4.26. The highest BCUT2D eigenvalue weighted by Gasteiger charge is 2.33. The van der Waals surface area contributed by atoms with E-state index in [4.69, 9.17) is 27.9 Å². The highest BCUT2D eigenvalue weighted by Crippen LogP contribution is 2.32. The molecule has 0 bridgehead atoms. The van der Waals surface area contributed by atoms with Crippen molar-refractivity contribution in [3.8, 4) is 5.75 Å². The Hall–Kier alpha value is -1.71. The van der Waals surface area contributed by atoms with E-state index in [0.717, 1.165) is 16.9 Å². The Kier molecular flexibility index (Phi) is 4.51. The Morgan fingerprint density at radius 3 is 2.70 bits per heavy atom. The number of carbonyl (C=O) groups is 1. The molecular formula is C18H17Cl2NO2. The van der Waals surface area contributed by atoms with E-state index in [2.05, 4.69) is 0 Å². The minimum atomic E-state index is -0.481. The van der Waals surface area contributed by atoms with Crippen LogP contribution in [0.25, 0.3) is 0 Å². The standard InChI is InChI=1S/C18H17Cl2NO2/c1-11(14-8-7-13(19)10-15(14)20)21(2)18(22)17-9-12-5-3-4-6-16(12)23-17/h3-8,10-11,17H,9H2,1-2H3. The number of halogens is 2. The third-order valence-corrected chi connectivity index (χ3v) is 4.83. The molecule has 1 aliphatic heterocycles. The molecule has 1 heterocycles. The highest BCUT2D eigenvalue weighted by atomic mass is 35.5. The quantitative estimate of drug-likeness (QED) is 0.815. The van der Waals surface area contributed by atoms with E-state index in [0.29, 0.717) is 16.5 Å². The molecule has 1 amide bonds. The number of hydrogen-bond donors (Lipinski definition) is 0. The predicted molar refractivity (Wildman–Crippen MR) is 92.2 cm³/mol. The van der Waals surface area contributed by atoms with Gasteiger partial charge in [0.25, 0.3) is 5.91 Å². The van der Waals surface area contributed by atoms with Gasteiger partial charge in [0.05, 0.1) is 6.04 Å². The molecule has 3 rings (SSSR count). The molecule has 0 radical (unpaired) electrons. The molecule has 0 spiro atoms. The summed E-state index contributed by atoms with van der Waals surface area (Å²) in [7, 11) is 1.77. The fourth-order valence-corrected chi connectivity index (χ4v) is 3.35. The average Bonchev–Trinajstić information content (AvgIpc) is 2.97. The summed E-state index contributed by atoms with van der Waals surface area (Å²) in [6.45, 7) is 1.94. The summed E-state index contributed by atoms with van der Waals surface area (Å²) in [6, 6.07) is 12.9. The summed E-state index contributed by atoms with van der Waals surface area (Å²) >= 11 is 12.2. The topological polar surface area (TPSA) is 29.5 Å². The minimum absolute atomic E-state index is 0.0558. The number of ether oxygens (including phenoxy) is 1. The van der Waals surface area contributed by atoms with Crippen LogP contribution in [0.15, 0.2) is 42.5 Å². The zero-order valence-electron chi connectivity index (χ0n) is 12.9. The van der Waals surface area contributed by atoms with E-state index in [-0.39, 0.29) is 11.9 Å². The van der Waals surface area contributed by atoms with Crippen molar-refractivity contribution in [2.75, 3.05) is 7.05 Å². The summed E-state index contributed by atoms with van der Waals surface area (Å²) < 4.78 is 5.78. The van der Waals surface area contributed by atoms with Gasteiger partial charge in [0, 0.05) is 23.5 Å². The van der Waals surface area contributed by atoms with E-state index < -0.39 is 6.10 Å². The van der Waals surface area contributed by atoms with E-state index in [1.54, 1.807) is 24.1 Å². The molecule has 0 N–H and O–H groups in total. The van der Waals surface area contributed by atoms with Crippen molar-refractivity contribution in [3.05, 3.63) is 63.6 Å². The van der Waals surface area contributed by atoms with Crippen LogP contribution in [0.3, 0.4) is 0 Å². The number of hydrogen-bond acceptors (Lipinski definition) is 2. The van der Waals surface area contributed by atoms with Gasteiger partial charge in [-0.2, -0.15) is 0 Å². The van der Waals surface area contributed by atoms with Gasteiger partial charge in [-0.3, -0.25) is 4.79 Å². The Balaban J connectivity index is 1.75. The van der Waals surface area contributed by atoms with Gasteiger partial charge in [0.1, 0.15) is 5.75 Å². The summed E-state index contributed by atoms with van der Waals surface area (Å²) in [5.41, 5.74) is 1.93. The van der Waals surface area contributed by atoms with Crippen LogP contribution in [0, 0.1) is 0 Å². The van der Waals surface area contributed by atoms with Gasteiger partial charge in [-0.25, -0.2) is 0 Å². The maximum Gasteiger partial charge on any atom is 0.264 e. The second-order valence-electron chi connectivity index (χ2n) is 5.71. The molecule has 23 heavy (non-hydrogen) atoms. The van der Waals surface area contributed by atoms with Crippen molar-refractivity contribution in [3.63, 3.8) is 0 Å². The lowest BCUT2D eigenvalue weighted by Gasteiger charge is -2.28. The minimum Gasteiger partial charge on any atom is -0.480 e. The summed E-state index contributed by atoms with van der Waals surface area (Å²) in [6.07, 6.45) is 0.117. The van der Waals surface area contributed by atoms with Crippen LogP contribution in [-0.2, 0) is 11.2 Å². The SMILES string of the molecule is CC(c1ccc(Cl)cc1Cl)N(C)C(=O)C1Cc2ccccc2O1. The number of amides is 1. The Morgan fingerprint density at radius 2 is 2.00 bits per heavy atom. The Bertz CT molecular complexity index is 723. The van der Waals surface area contributed by atoms with Crippen LogP contribution in [0.4, 0.5) is 0 Å². The lowest BCUT2D eigenvalue weighted by atomic mass is 10.1. The van der Waals surface area contributed by atoms with Crippen LogP contribution in [0.2, 0.25) is 10.0 Å². The van der Waals surface area contributed by atoms with Crippen molar-refractivity contribution in [2.45, 2.75) is 25.5 Å². The largest absolute Gasteiger partial charge is 0.480 e. The van der Waals surface area contributed by atoms with Gasteiger partial charge in [0.15, 0.2) is 6.10 Å². The van der Waals surface area contributed by atoms with E-state index in [1.165, 1.54) is 0 Å². The molecule has 2 unspecified atom stereocenters. The summed E-state index contributed by atoms with van der Waals surface area (Å²) in [5.74, 6) is 0.733. The molecule has 0 fully saturated rings. The van der Waals surface area contributed by atoms with Gasteiger partial charge in [-0.1, -0.05) is 47.5 Å². The van der Waals surface area contributed by atoms with Crippen molar-refractivity contribution < 1.29 is 9.53 Å². The second kappa shape index (κ2) is 6.42. The molecule has 0 saturated carbocycles. The summed E-state index contributed by atoms with van der Waals surface area (Å²) in [5, 5.41) is 1.13. The lowest BCUT2D eigenvalue weighted by Crippen LogP contribution is -2.40. The molecule has 0 aromatic heterocycles. The van der Waals surface area contributed by atoms with Gasteiger partial charge in [-0.05, 0) is 36.2 Å². The van der Waals surface area contributed by atoms with E-state index >= 15 is 0 Å². The number of rotatable bonds is 3. The van der Waals surface area contributed by atoms with Crippen LogP contribution < -0.4 is 4.74 Å². The first-order valence-corrected chi connectivity index (χ1v) is 8.19. The molecule has 3 nitrogen and oxygen atoms in total. The van der Waals surface area contributed by atoms with Crippen molar-refractivity contribution in [1.82, 2.24) is 4.90 Å². The molecule has 2 atom stereocenters. The van der Waals surface area contributed by atoms with E-state index in [9.17, 15) is 4.79 Å². The Morgan fingerprint density at radius 1 is 1.26 bits per heavy atom. The van der Waals surface area contributed by atoms with Gasteiger partial charge in [0.2, 0.25) is 0 Å². The molecule has 5 heteroatoms. The average molecular weight is 350 g/mol. The highest BCUT2D eigenvalue weighted by molar-refractivity contribution is 6.35. The van der Waals surface area contributed by atoms with Gasteiger partial charge < -0.3 is 9.64 Å². The molecule has 2 aromatic rings. The molecule has 0 aliphatic carbocycles. The third kappa shape index (κ3) is 3.17. The van der Waals surface area contributed by atoms with E-state index in [1.807, 2.05) is 37.3 Å². The number of nitrogens with zero attached hydrogens (tertiary/aromatic N) is 1. The first-order chi connectivity index (χ1) is 11.0. The molecule has 120 valence electrons. The lowest BCUT2D eigenvalue weighted by molar-refractivity contribution is -0.138.